The Morgan fingerprint density at radius 1 is 1.32 bits per heavy atom. The Kier molecular flexibility index (Phi) is 5.76. The van der Waals surface area contributed by atoms with Gasteiger partial charge in [-0.1, -0.05) is 13.8 Å². The van der Waals surface area contributed by atoms with Crippen molar-refractivity contribution in [3.63, 3.8) is 0 Å². The van der Waals surface area contributed by atoms with Crippen molar-refractivity contribution < 1.29 is 12.8 Å². The molecule has 0 aromatic heterocycles. The Morgan fingerprint density at radius 2 is 1.95 bits per heavy atom. The molecule has 0 aliphatic heterocycles. The maximum atomic E-state index is 13.1. The van der Waals surface area contributed by atoms with Gasteiger partial charge in [-0.05, 0) is 41.1 Å². The number of halogens is 2. The van der Waals surface area contributed by atoms with Gasteiger partial charge in [-0.3, -0.25) is 4.72 Å². The van der Waals surface area contributed by atoms with Crippen LogP contribution in [0.2, 0.25) is 0 Å². The second-order valence-corrected chi connectivity index (χ2v) is 7.60. The van der Waals surface area contributed by atoms with Gasteiger partial charge >= 0.3 is 0 Å². The Hall–Kier alpha value is -0.660. The van der Waals surface area contributed by atoms with Gasteiger partial charge in [0.05, 0.1) is 10.9 Å². The van der Waals surface area contributed by atoms with Crippen LogP contribution in [-0.2, 0) is 10.0 Å². The first-order valence-electron chi connectivity index (χ1n) is 5.92. The molecule has 1 rings (SSSR count). The molecule has 1 atom stereocenters. The van der Waals surface area contributed by atoms with Crippen molar-refractivity contribution in [1.82, 2.24) is 5.32 Å². The van der Waals surface area contributed by atoms with Gasteiger partial charge in [-0.2, -0.15) is 0 Å². The summed E-state index contributed by atoms with van der Waals surface area (Å²) in [7, 11) is -3.56. The molecule has 4 nitrogen and oxygen atoms in total. The van der Waals surface area contributed by atoms with Crippen LogP contribution in [0.15, 0.2) is 22.7 Å². The third kappa shape index (κ3) is 5.08. The molecule has 0 bridgehead atoms. The van der Waals surface area contributed by atoms with Gasteiger partial charge in [0.1, 0.15) is 5.82 Å². The van der Waals surface area contributed by atoms with Crippen molar-refractivity contribution in [1.29, 1.82) is 0 Å². The molecule has 1 aromatic rings. The Balaban J connectivity index is 2.81. The lowest BCUT2D eigenvalue weighted by molar-refractivity contribution is 0.553. The third-order valence-electron chi connectivity index (χ3n) is 2.52. The maximum Gasteiger partial charge on any atom is 0.236 e. The van der Waals surface area contributed by atoms with Crippen molar-refractivity contribution >= 4 is 31.6 Å². The van der Waals surface area contributed by atoms with E-state index in [9.17, 15) is 12.8 Å². The average Bonchev–Trinajstić information content (AvgIpc) is 2.30. The van der Waals surface area contributed by atoms with Crippen LogP contribution in [0, 0.1) is 5.82 Å². The van der Waals surface area contributed by atoms with Crippen LogP contribution in [0.1, 0.15) is 20.8 Å². The number of sulfonamides is 1. The van der Waals surface area contributed by atoms with Crippen molar-refractivity contribution in [3.05, 3.63) is 28.5 Å². The molecule has 0 spiro atoms. The van der Waals surface area contributed by atoms with E-state index >= 15 is 0 Å². The largest absolute Gasteiger partial charge is 0.313 e. The molecule has 7 heteroatoms. The first kappa shape index (κ1) is 16.4. The second kappa shape index (κ2) is 6.67. The van der Waals surface area contributed by atoms with E-state index in [4.69, 9.17) is 0 Å². The van der Waals surface area contributed by atoms with Crippen LogP contribution in [0.3, 0.4) is 0 Å². The van der Waals surface area contributed by atoms with Crippen LogP contribution >= 0.6 is 15.9 Å². The zero-order valence-electron chi connectivity index (χ0n) is 11.1. The summed E-state index contributed by atoms with van der Waals surface area (Å²) in [5.41, 5.74) is 0.205. The summed E-state index contributed by atoms with van der Waals surface area (Å²) >= 11 is 3.19. The van der Waals surface area contributed by atoms with Gasteiger partial charge in [0.25, 0.3) is 0 Å². The van der Waals surface area contributed by atoms with Gasteiger partial charge in [0, 0.05) is 17.1 Å². The smallest absolute Gasteiger partial charge is 0.236 e. The minimum Gasteiger partial charge on any atom is -0.313 e. The molecule has 0 radical (unpaired) electrons. The molecule has 19 heavy (non-hydrogen) atoms. The molecule has 1 unspecified atom stereocenters. The molecule has 0 amide bonds. The summed E-state index contributed by atoms with van der Waals surface area (Å²) in [6.07, 6.45) is 0. The molecule has 0 aliphatic carbocycles. The van der Waals surface area contributed by atoms with Crippen molar-refractivity contribution in [3.8, 4) is 0 Å². The lowest BCUT2D eigenvalue weighted by atomic mass is 10.3. The van der Waals surface area contributed by atoms with E-state index in [2.05, 4.69) is 26.0 Å². The van der Waals surface area contributed by atoms with Crippen molar-refractivity contribution in [2.45, 2.75) is 32.1 Å². The second-order valence-electron chi connectivity index (χ2n) is 4.64. The summed E-state index contributed by atoms with van der Waals surface area (Å²) in [5, 5.41) is 2.44. The lowest BCUT2D eigenvalue weighted by Gasteiger charge is -2.17. The monoisotopic (exact) mass is 352 g/mol. The van der Waals surface area contributed by atoms with Crippen molar-refractivity contribution in [2.24, 2.45) is 0 Å². The number of hydrogen-bond donors (Lipinski definition) is 2. The van der Waals surface area contributed by atoms with Gasteiger partial charge in [-0.15, -0.1) is 0 Å². The van der Waals surface area contributed by atoms with Gasteiger partial charge in [0.15, 0.2) is 0 Å². The van der Waals surface area contributed by atoms with Crippen LogP contribution < -0.4 is 10.0 Å². The van der Waals surface area contributed by atoms with Crippen LogP contribution in [0.5, 0.6) is 0 Å². The molecular weight excluding hydrogens is 335 g/mol. The van der Waals surface area contributed by atoms with Gasteiger partial charge in [0.2, 0.25) is 10.0 Å². The number of hydrogen-bond acceptors (Lipinski definition) is 3. The minimum absolute atomic E-state index is 0.205. The summed E-state index contributed by atoms with van der Waals surface area (Å²) in [6.45, 7) is 5.82. The summed E-state index contributed by atoms with van der Waals surface area (Å²) in [4.78, 5) is 0. The highest BCUT2D eigenvalue weighted by Gasteiger charge is 2.21. The molecule has 0 aliphatic rings. The molecule has 0 heterocycles. The number of benzene rings is 1. The van der Waals surface area contributed by atoms with Crippen LogP contribution in [0.25, 0.3) is 0 Å². The van der Waals surface area contributed by atoms with Crippen LogP contribution in [-0.4, -0.2) is 26.3 Å². The summed E-state index contributed by atoms with van der Waals surface area (Å²) in [6, 6.07) is 4.07. The maximum absolute atomic E-state index is 13.1. The van der Waals surface area contributed by atoms with E-state index in [0.29, 0.717) is 11.0 Å². The van der Waals surface area contributed by atoms with Crippen LogP contribution in [0.4, 0.5) is 10.1 Å². The summed E-state index contributed by atoms with van der Waals surface area (Å²) in [5.74, 6) is -0.492. The SMILES string of the molecule is CC(C)NCC(C)S(=O)(=O)Nc1cc(F)ccc1Br. The highest BCUT2D eigenvalue weighted by Crippen LogP contribution is 2.24. The molecule has 2 N–H and O–H groups in total. The highest BCUT2D eigenvalue weighted by atomic mass is 79.9. The topological polar surface area (TPSA) is 58.2 Å². The van der Waals surface area contributed by atoms with E-state index in [1.165, 1.54) is 12.1 Å². The number of rotatable bonds is 6. The standard InChI is InChI=1S/C12H18BrFN2O2S/c1-8(2)15-7-9(3)19(17,18)16-12-6-10(14)4-5-11(12)13/h4-6,8-9,15-16H,7H2,1-3H3. The summed E-state index contributed by atoms with van der Waals surface area (Å²) < 4.78 is 40.2. The molecule has 0 fully saturated rings. The molecule has 0 saturated carbocycles. The molecule has 1 aromatic carbocycles. The van der Waals surface area contributed by atoms with E-state index in [1.54, 1.807) is 6.92 Å². The molecular formula is C12H18BrFN2O2S. The molecule has 108 valence electrons. The van der Waals surface area contributed by atoms with Crippen molar-refractivity contribution in [2.75, 3.05) is 11.3 Å². The first-order chi connectivity index (χ1) is 8.72. The predicted octanol–water partition coefficient (Wildman–Crippen LogP) is 2.72. The fraction of sp³-hybridized carbons (Fsp3) is 0.500. The quantitative estimate of drug-likeness (QED) is 0.827. The zero-order chi connectivity index (χ0) is 14.6. The predicted molar refractivity (Wildman–Crippen MR) is 79.2 cm³/mol. The van der Waals surface area contributed by atoms with E-state index in [1.807, 2.05) is 13.8 Å². The fourth-order valence-corrected chi connectivity index (χ4v) is 2.81. The normalized spacial score (nSPS) is 13.6. The average molecular weight is 353 g/mol. The fourth-order valence-electron chi connectivity index (χ4n) is 1.34. The Labute approximate surface area is 122 Å². The van der Waals surface area contributed by atoms with E-state index in [-0.39, 0.29) is 11.7 Å². The van der Waals surface area contributed by atoms with E-state index < -0.39 is 21.1 Å². The Morgan fingerprint density at radius 3 is 2.53 bits per heavy atom. The van der Waals surface area contributed by atoms with Gasteiger partial charge < -0.3 is 5.32 Å². The lowest BCUT2D eigenvalue weighted by Crippen LogP contribution is -2.37. The minimum atomic E-state index is -3.56. The molecule has 0 saturated heterocycles. The number of anilines is 1. The third-order valence-corrected chi connectivity index (χ3v) is 4.95. The zero-order valence-corrected chi connectivity index (χ0v) is 13.5. The van der Waals surface area contributed by atoms with Gasteiger partial charge in [-0.25, -0.2) is 12.8 Å². The number of nitrogens with one attached hydrogen (secondary N) is 2. The Bertz CT molecular complexity index is 535. The first-order valence-corrected chi connectivity index (χ1v) is 8.26. The highest BCUT2D eigenvalue weighted by molar-refractivity contribution is 9.10. The van der Waals surface area contributed by atoms with E-state index in [0.717, 1.165) is 6.07 Å².